The van der Waals surface area contributed by atoms with Gasteiger partial charge in [0, 0.05) is 6.54 Å². The SMILES string of the molecule is CCCCOc1ccccc1C(=O)N(Cc1ccc(F)cc1)Cc1ccco1. The third-order valence-corrected chi connectivity index (χ3v) is 4.37. The Morgan fingerprint density at radius 1 is 1.04 bits per heavy atom. The second-order valence-electron chi connectivity index (χ2n) is 6.57. The summed E-state index contributed by atoms with van der Waals surface area (Å²) in [7, 11) is 0. The van der Waals surface area contributed by atoms with E-state index >= 15 is 0 Å². The Hall–Kier alpha value is -3.08. The summed E-state index contributed by atoms with van der Waals surface area (Å²) in [5.41, 5.74) is 1.35. The molecule has 146 valence electrons. The Balaban J connectivity index is 1.84. The van der Waals surface area contributed by atoms with Gasteiger partial charge in [0.2, 0.25) is 0 Å². The molecule has 4 nitrogen and oxygen atoms in total. The standard InChI is InChI=1S/C23H24FNO3/c1-2-3-14-28-22-9-5-4-8-21(22)23(26)25(17-20-7-6-15-27-20)16-18-10-12-19(24)13-11-18/h4-13,15H,2-3,14,16-17H2,1H3. The molecule has 3 aromatic rings. The van der Waals surface area contributed by atoms with E-state index in [0.29, 0.717) is 36.8 Å². The summed E-state index contributed by atoms with van der Waals surface area (Å²) in [6.45, 7) is 3.31. The van der Waals surface area contributed by atoms with Crippen molar-refractivity contribution in [3.8, 4) is 5.75 Å². The van der Waals surface area contributed by atoms with Crippen LogP contribution < -0.4 is 4.74 Å². The smallest absolute Gasteiger partial charge is 0.258 e. The molecule has 0 N–H and O–H groups in total. The fourth-order valence-electron chi connectivity index (χ4n) is 2.87. The summed E-state index contributed by atoms with van der Waals surface area (Å²) in [6, 6.07) is 17.0. The molecule has 3 rings (SSSR count). The topological polar surface area (TPSA) is 42.7 Å². The van der Waals surface area contributed by atoms with E-state index in [2.05, 4.69) is 6.92 Å². The van der Waals surface area contributed by atoms with Crippen LogP contribution in [0.1, 0.15) is 41.4 Å². The number of amides is 1. The maximum Gasteiger partial charge on any atom is 0.258 e. The normalized spacial score (nSPS) is 10.6. The second-order valence-corrected chi connectivity index (χ2v) is 6.57. The molecule has 0 radical (unpaired) electrons. The maximum absolute atomic E-state index is 13.3. The first kappa shape index (κ1) is 19.7. The number of carbonyl (C=O) groups excluding carboxylic acids is 1. The van der Waals surface area contributed by atoms with Crippen molar-refractivity contribution in [1.29, 1.82) is 0 Å². The van der Waals surface area contributed by atoms with Crippen molar-refractivity contribution in [2.75, 3.05) is 6.61 Å². The lowest BCUT2D eigenvalue weighted by molar-refractivity contribution is 0.0713. The zero-order chi connectivity index (χ0) is 19.8. The Bertz CT molecular complexity index is 875. The van der Waals surface area contributed by atoms with Crippen LogP contribution in [-0.2, 0) is 13.1 Å². The molecule has 0 saturated heterocycles. The van der Waals surface area contributed by atoms with Crippen LogP contribution in [0.2, 0.25) is 0 Å². The quantitative estimate of drug-likeness (QED) is 0.464. The highest BCUT2D eigenvalue weighted by atomic mass is 19.1. The van der Waals surface area contributed by atoms with Crippen molar-refractivity contribution >= 4 is 5.91 Å². The van der Waals surface area contributed by atoms with E-state index < -0.39 is 0 Å². The number of ether oxygens (including phenoxy) is 1. The lowest BCUT2D eigenvalue weighted by Crippen LogP contribution is -2.30. The molecule has 0 aliphatic rings. The van der Waals surface area contributed by atoms with Crippen molar-refractivity contribution in [3.63, 3.8) is 0 Å². The summed E-state index contributed by atoms with van der Waals surface area (Å²) in [5.74, 6) is 0.791. The number of nitrogens with zero attached hydrogens (tertiary/aromatic N) is 1. The van der Waals surface area contributed by atoms with Gasteiger partial charge < -0.3 is 14.1 Å². The Kier molecular flexibility index (Phi) is 6.84. The van der Waals surface area contributed by atoms with Gasteiger partial charge in [-0.15, -0.1) is 0 Å². The second kappa shape index (κ2) is 9.74. The minimum Gasteiger partial charge on any atom is -0.493 e. The Morgan fingerprint density at radius 2 is 1.82 bits per heavy atom. The largest absolute Gasteiger partial charge is 0.493 e. The lowest BCUT2D eigenvalue weighted by Gasteiger charge is -2.23. The van der Waals surface area contributed by atoms with Crippen LogP contribution in [0.25, 0.3) is 0 Å². The zero-order valence-corrected chi connectivity index (χ0v) is 15.9. The average Bonchev–Trinajstić information content (AvgIpc) is 3.22. The van der Waals surface area contributed by atoms with E-state index in [1.54, 1.807) is 35.4 Å². The molecule has 0 bridgehead atoms. The van der Waals surface area contributed by atoms with E-state index in [1.165, 1.54) is 12.1 Å². The maximum atomic E-state index is 13.3. The van der Waals surface area contributed by atoms with Gasteiger partial charge in [0.15, 0.2) is 0 Å². The monoisotopic (exact) mass is 381 g/mol. The van der Waals surface area contributed by atoms with E-state index in [-0.39, 0.29) is 11.7 Å². The predicted molar refractivity (Wildman–Crippen MR) is 106 cm³/mol. The molecule has 0 saturated carbocycles. The van der Waals surface area contributed by atoms with Gasteiger partial charge in [-0.2, -0.15) is 0 Å². The van der Waals surface area contributed by atoms with Crippen LogP contribution in [0.15, 0.2) is 71.3 Å². The highest BCUT2D eigenvalue weighted by Crippen LogP contribution is 2.23. The molecular formula is C23H24FNO3. The fourth-order valence-corrected chi connectivity index (χ4v) is 2.87. The van der Waals surface area contributed by atoms with Crippen LogP contribution in [0, 0.1) is 5.82 Å². The van der Waals surface area contributed by atoms with Crippen LogP contribution in [0.4, 0.5) is 4.39 Å². The van der Waals surface area contributed by atoms with Gasteiger partial charge in [-0.05, 0) is 48.4 Å². The number of hydrogen-bond donors (Lipinski definition) is 0. The van der Waals surface area contributed by atoms with Crippen molar-refractivity contribution in [2.24, 2.45) is 0 Å². The number of rotatable bonds is 9. The molecule has 5 heteroatoms. The fraction of sp³-hybridized carbons (Fsp3) is 0.261. The predicted octanol–water partition coefficient (Wildman–Crippen LogP) is 5.44. The number of unbranched alkanes of at least 4 members (excludes halogenated alkanes) is 1. The molecule has 0 spiro atoms. The molecule has 0 fully saturated rings. The number of halogens is 1. The van der Waals surface area contributed by atoms with Gasteiger partial charge in [-0.3, -0.25) is 4.79 Å². The third kappa shape index (κ3) is 5.22. The van der Waals surface area contributed by atoms with E-state index in [1.807, 2.05) is 24.3 Å². The van der Waals surface area contributed by atoms with E-state index in [4.69, 9.17) is 9.15 Å². The highest BCUT2D eigenvalue weighted by Gasteiger charge is 2.21. The minimum atomic E-state index is -0.303. The number of para-hydroxylation sites is 1. The number of benzene rings is 2. The number of carbonyl (C=O) groups is 1. The van der Waals surface area contributed by atoms with Gasteiger partial charge in [0.05, 0.1) is 25.0 Å². The molecule has 0 aliphatic carbocycles. The van der Waals surface area contributed by atoms with Crippen molar-refractivity contribution in [2.45, 2.75) is 32.9 Å². The van der Waals surface area contributed by atoms with E-state index in [9.17, 15) is 9.18 Å². The first-order valence-electron chi connectivity index (χ1n) is 9.45. The minimum absolute atomic E-state index is 0.159. The molecule has 1 aromatic heterocycles. The first-order valence-corrected chi connectivity index (χ1v) is 9.45. The average molecular weight is 381 g/mol. The molecule has 1 amide bonds. The van der Waals surface area contributed by atoms with Crippen LogP contribution in [-0.4, -0.2) is 17.4 Å². The van der Waals surface area contributed by atoms with Crippen molar-refractivity contribution in [1.82, 2.24) is 4.90 Å². The van der Waals surface area contributed by atoms with Crippen LogP contribution in [0.5, 0.6) is 5.75 Å². The van der Waals surface area contributed by atoms with Crippen molar-refractivity contribution < 1.29 is 18.3 Å². The van der Waals surface area contributed by atoms with E-state index in [0.717, 1.165) is 18.4 Å². The van der Waals surface area contributed by atoms with Gasteiger partial charge >= 0.3 is 0 Å². The molecule has 0 unspecified atom stereocenters. The summed E-state index contributed by atoms with van der Waals surface area (Å²) < 4.78 is 24.5. The number of furan rings is 1. The zero-order valence-electron chi connectivity index (χ0n) is 15.9. The lowest BCUT2D eigenvalue weighted by atomic mass is 10.1. The number of hydrogen-bond acceptors (Lipinski definition) is 3. The summed E-state index contributed by atoms with van der Waals surface area (Å²) in [6.07, 6.45) is 3.53. The van der Waals surface area contributed by atoms with Crippen LogP contribution >= 0.6 is 0 Å². The van der Waals surface area contributed by atoms with Crippen LogP contribution in [0.3, 0.4) is 0 Å². The Labute approximate surface area is 164 Å². The molecule has 0 atom stereocenters. The first-order chi connectivity index (χ1) is 13.7. The van der Waals surface area contributed by atoms with Gasteiger partial charge in [-0.1, -0.05) is 37.6 Å². The summed E-state index contributed by atoms with van der Waals surface area (Å²) in [5, 5.41) is 0. The Morgan fingerprint density at radius 3 is 2.54 bits per heavy atom. The van der Waals surface area contributed by atoms with Gasteiger partial charge in [-0.25, -0.2) is 4.39 Å². The molecular weight excluding hydrogens is 357 g/mol. The summed E-state index contributed by atoms with van der Waals surface area (Å²) >= 11 is 0. The molecule has 1 heterocycles. The van der Waals surface area contributed by atoms with Gasteiger partial charge in [0.1, 0.15) is 17.3 Å². The summed E-state index contributed by atoms with van der Waals surface area (Å²) in [4.78, 5) is 15.0. The molecule has 0 aliphatic heterocycles. The third-order valence-electron chi connectivity index (χ3n) is 4.37. The molecule has 2 aromatic carbocycles. The molecule has 28 heavy (non-hydrogen) atoms. The van der Waals surface area contributed by atoms with Crippen molar-refractivity contribution in [3.05, 3.63) is 89.6 Å². The van der Waals surface area contributed by atoms with Gasteiger partial charge in [0.25, 0.3) is 5.91 Å². The highest BCUT2D eigenvalue weighted by molar-refractivity contribution is 5.96.